The molecule has 0 radical (unpaired) electrons. The van der Waals surface area contributed by atoms with Gasteiger partial charge in [0.1, 0.15) is 5.75 Å². The zero-order valence-corrected chi connectivity index (χ0v) is 13.1. The molecule has 0 aromatic heterocycles. The van der Waals surface area contributed by atoms with Crippen LogP contribution < -0.4 is 15.0 Å². The molecule has 1 N–H and O–H groups in total. The molecule has 0 bridgehead atoms. The summed E-state index contributed by atoms with van der Waals surface area (Å²) in [7, 11) is 1.73. The molecule has 2 saturated heterocycles. The van der Waals surface area contributed by atoms with E-state index in [0.29, 0.717) is 0 Å². The molecule has 2 aliphatic rings. The molecule has 3 rings (SSSR count). The molecular formula is C17H27N3O. The average Bonchev–Trinajstić information content (AvgIpc) is 2.84. The van der Waals surface area contributed by atoms with Gasteiger partial charge in [0.15, 0.2) is 0 Å². The predicted molar refractivity (Wildman–Crippen MR) is 87.3 cm³/mol. The molecule has 0 spiro atoms. The molecular weight excluding hydrogens is 262 g/mol. The fourth-order valence-electron chi connectivity index (χ4n) is 3.52. The monoisotopic (exact) mass is 289 g/mol. The SMILES string of the molecule is COc1cccc(N2CCN(C3CCCNCC3)CC2)c1. The normalized spacial score (nSPS) is 24.6. The summed E-state index contributed by atoms with van der Waals surface area (Å²) in [6, 6.07) is 9.21. The summed E-state index contributed by atoms with van der Waals surface area (Å²) in [5, 5.41) is 3.51. The lowest BCUT2D eigenvalue weighted by atomic mass is 10.1. The second-order valence-corrected chi connectivity index (χ2v) is 6.06. The summed E-state index contributed by atoms with van der Waals surface area (Å²) in [6.07, 6.45) is 3.98. The van der Waals surface area contributed by atoms with Crippen LogP contribution in [0.2, 0.25) is 0 Å². The first-order valence-corrected chi connectivity index (χ1v) is 8.20. The van der Waals surface area contributed by atoms with Crippen molar-refractivity contribution >= 4 is 5.69 Å². The minimum absolute atomic E-state index is 0.785. The van der Waals surface area contributed by atoms with E-state index in [1.54, 1.807) is 7.11 Å². The van der Waals surface area contributed by atoms with E-state index >= 15 is 0 Å². The maximum atomic E-state index is 5.33. The fourth-order valence-corrected chi connectivity index (χ4v) is 3.52. The van der Waals surface area contributed by atoms with Crippen molar-refractivity contribution in [1.29, 1.82) is 0 Å². The van der Waals surface area contributed by atoms with Gasteiger partial charge in [-0.05, 0) is 44.5 Å². The van der Waals surface area contributed by atoms with Crippen LogP contribution in [0.1, 0.15) is 19.3 Å². The van der Waals surface area contributed by atoms with Crippen LogP contribution in [0.3, 0.4) is 0 Å². The van der Waals surface area contributed by atoms with Crippen LogP contribution in [-0.4, -0.2) is 57.3 Å². The van der Waals surface area contributed by atoms with Gasteiger partial charge in [-0.3, -0.25) is 4.90 Å². The summed E-state index contributed by atoms with van der Waals surface area (Å²) in [5.74, 6) is 0.949. The minimum atomic E-state index is 0.785. The molecule has 21 heavy (non-hydrogen) atoms. The summed E-state index contributed by atoms with van der Waals surface area (Å²) >= 11 is 0. The molecule has 1 unspecified atom stereocenters. The average molecular weight is 289 g/mol. The highest BCUT2D eigenvalue weighted by atomic mass is 16.5. The number of methoxy groups -OCH3 is 1. The first-order valence-electron chi connectivity index (χ1n) is 8.20. The van der Waals surface area contributed by atoms with Crippen molar-refractivity contribution in [2.45, 2.75) is 25.3 Å². The third kappa shape index (κ3) is 3.69. The zero-order valence-electron chi connectivity index (χ0n) is 13.1. The molecule has 2 fully saturated rings. The quantitative estimate of drug-likeness (QED) is 0.920. The van der Waals surface area contributed by atoms with Gasteiger partial charge < -0.3 is 15.0 Å². The Bertz CT molecular complexity index is 435. The Balaban J connectivity index is 1.56. The van der Waals surface area contributed by atoms with E-state index in [0.717, 1.165) is 24.9 Å². The number of hydrogen-bond acceptors (Lipinski definition) is 4. The Morgan fingerprint density at radius 2 is 1.95 bits per heavy atom. The number of nitrogens with zero attached hydrogens (tertiary/aromatic N) is 2. The Labute approximate surface area is 128 Å². The maximum absolute atomic E-state index is 5.33. The van der Waals surface area contributed by atoms with E-state index in [1.807, 2.05) is 6.07 Å². The van der Waals surface area contributed by atoms with E-state index < -0.39 is 0 Å². The molecule has 2 heterocycles. The molecule has 0 aliphatic carbocycles. The lowest BCUT2D eigenvalue weighted by Crippen LogP contribution is -2.50. The number of anilines is 1. The van der Waals surface area contributed by atoms with Crippen LogP contribution in [0.25, 0.3) is 0 Å². The predicted octanol–water partition coefficient (Wildman–Crippen LogP) is 1.96. The van der Waals surface area contributed by atoms with Gasteiger partial charge in [0.25, 0.3) is 0 Å². The summed E-state index contributed by atoms with van der Waals surface area (Å²) in [4.78, 5) is 5.18. The molecule has 1 aromatic carbocycles. The Morgan fingerprint density at radius 3 is 2.76 bits per heavy atom. The third-order valence-electron chi connectivity index (χ3n) is 4.79. The molecule has 116 valence electrons. The van der Waals surface area contributed by atoms with E-state index in [4.69, 9.17) is 4.74 Å². The van der Waals surface area contributed by atoms with Gasteiger partial charge in [-0.25, -0.2) is 0 Å². The maximum Gasteiger partial charge on any atom is 0.120 e. The van der Waals surface area contributed by atoms with Gasteiger partial charge in [0.05, 0.1) is 7.11 Å². The van der Waals surface area contributed by atoms with Crippen LogP contribution in [0, 0.1) is 0 Å². The van der Waals surface area contributed by atoms with Crippen LogP contribution in [-0.2, 0) is 0 Å². The number of piperazine rings is 1. The van der Waals surface area contributed by atoms with Crippen LogP contribution in [0.15, 0.2) is 24.3 Å². The molecule has 4 heteroatoms. The van der Waals surface area contributed by atoms with Gasteiger partial charge in [0.2, 0.25) is 0 Å². The summed E-state index contributed by atoms with van der Waals surface area (Å²) in [5.41, 5.74) is 1.29. The lowest BCUT2D eigenvalue weighted by molar-refractivity contribution is 0.172. The number of nitrogens with one attached hydrogen (secondary N) is 1. The summed E-state index contributed by atoms with van der Waals surface area (Å²) < 4.78 is 5.33. The van der Waals surface area contributed by atoms with Crippen LogP contribution in [0.5, 0.6) is 5.75 Å². The molecule has 1 atom stereocenters. The van der Waals surface area contributed by atoms with Gasteiger partial charge >= 0.3 is 0 Å². The largest absolute Gasteiger partial charge is 0.497 e. The van der Waals surface area contributed by atoms with Crippen molar-refractivity contribution in [3.05, 3.63) is 24.3 Å². The zero-order chi connectivity index (χ0) is 14.5. The van der Waals surface area contributed by atoms with Crippen molar-refractivity contribution in [2.75, 3.05) is 51.3 Å². The van der Waals surface area contributed by atoms with Crippen LogP contribution in [0.4, 0.5) is 5.69 Å². The molecule has 0 amide bonds. The number of ether oxygens (including phenoxy) is 1. The van der Waals surface area contributed by atoms with Crippen molar-refractivity contribution in [1.82, 2.24) is 10.2 Å². The van der Waals surface area contributed by atoms with Gasteiger partial charge in [-0.15, -0.1) is 0 Å². The molecule has 2 aliphatic heterocycles. The van der Waals surface area contributed by atoms with Gasteiger partial charge in [0, 0.05) is 44.0 Å². The van der Waals surface area contributed by atoms with Crippen LogP contribution >= 0.6 is 0 Å². The standard InChI is InChI=1S/C17H27N3O/c1-21-17-6-2-4-16(14-17)20-12-10-19(11-13-20)15-5-3-8-18-9-7-15/h2,4,6,14-15,18H,3,5,7-13H2,1H3. The van der Waals surface area contributed by atoms with Crippen molar-refractivity contribution < 1.29 is 4.74 Å². The van der Waals surface area contributed by atoms with Crippen molar-refractivity contribution in [3.63, 3.8) is 0 Å². The highest BCUT2D eigenvalue weighted by Crippen LogP contribution is 2.23. The van der Waals surface area contributed by atoms with E-state index in [-0.39, 0.29) is 0 Å². The lowest BCUT2D eigenvalue weighted by Gasteiger charge is -2.40. The highest BCUT2D eigenvalue weighted by molar-refractivity contribution is 5.51. The second-order valence-electron chi connectivity index (χ2n) is 6.06. The van der Waals surface area contributed by atoms with Crippen molar-refractivity contribution in [2.24, 2.45) is 0 Å². The fraction of sp³-hybridized carbons (Fsp3) is 0.647. The Morgan fingerprint density at radius 1 is 1.10 bits per heavy atom. The van der Waals surface area contributed by atoms with Crippen molar-refractivity contribution in [3.8, 4) is 5.75 Å². The van der Waals surface area contributed by atoms with Gasteiger partial charge in [-0.2, -0.15) is 0 Å². The molecule has 1 aromatic rings. The first-order chi connectivity index (χ1) is 10.4. The Hall–Kier alpha value is -1.26. The molecule has 0 saturated carbocycles. The number of hydrogen-bond donors (Lipinski definition) is 1. The first kappa shape index (κ1) is 14.7. The summed E-state index contributed by atoms with van der Waals surface area (Å²) in [6.45, 7) is 6.99. The highest BCUT2D eigenvalue weighted by Gasteiger charge is 2.24. The van der Waals surface area contributed by atoms with E-state index in [2.05, 4.69) is 33.3 Å². The smallest absolute Gasteiger partial charge is 0.120 e. The Kier molecular flexibility index (Phi) is 4.99. The van der Waals surface area contributed by atoms with E-state index in [1.165, 1.54) is 51.1 Å². The topological polar surface area (TPSA) is 27.7 Å². The third-order valence-corrected chi connectivity index (χ3v) is 4.79. The second kappa shape index (κ2) is 7.14. The van der Waals surface area contributed by atoms with E-state index in [9.17, 15) is 0 Å². The van der Waals surface area contributed by atoms with Gasteiger partial charge in [-0.1, -0.05) is 6.07 Å². The minimum Gasteiger partial charge on any atom is -0.497 e. The number of rotatable bonds is 3. The number of benzene rings is 1. The molecule has 4 nitrogen and oxygen atoms in total.